The van der Waals surface area contributed by atoms with Crippen molar-refractivity contribution in [1.29, 1.82) is 0 Å². The largest absolute Gasteiger partial charge is 0.489 e. The molecule has 20 heavy (non-hydrogen) atoms. The fourth-order valence-corrected chi connectivity index (χ4v) is 2.16. The van der Waals surface area contributed by atoms with E-state index in [9.17, 15) is 0 Å². The molecule has 0 aliphatic heterocycles. The summed E-state index contributed by atoms with van der Waals surface area (Å²) in [5, 5.41) is 3.82. The van der Waals surface area contributed by atoms with Gasteiger partial charge in [-0.15, -0.1) is 0 Å². The molecule has 0 aliphatic rings. The Bertz CT molecular complexity index is 424. The number of ether oxygens (including phenoxy) is 3. The molecule has 0 saturated heterocycles. The van der Waals surface area contributed by atoms with Crippen molar-refractivity contribution < 1.29 is 14.2 Å². The second-order valence-electron chi connectivity index (χ2n) is 4.08. The van der Waals surface area contributed by atoms with E-state index in [1.54, 1.807) is 0 Å². The van der Waals surface area contributed by atoms with Gasteiger partial charge in [0.1, 0.15) is 0 Å². The zero-order valence-electron chi connectivity index (χ0n) is 12.7. The van der Waals surface area contributed by atoms with Crippen LogP contribution in [0.2, 0.25) is 5.02 Å². The highest BCUT2D eigenvalue weighted by molar-refractivity contribution is 6.32. The third kappa shape index (κ3) is 4.18. The zero-order chi connectivity index (χ0) is 15.0. The highest BCUT2D eigenvalue weighted by Crippen LogP contribution is 2.45. The van der Waals surface area contributed by atoms with Gasteiger partial charge in [-0.1, -0.05) is 18.5 Å². The topological polar surface area (TPSA) is 39.7 Å². The molecule has 0 aromatic heterocycles. The van der Waals surface area contributed by atoms with E-state index in [0.29, 0.717) is 48.6 Å². The fraction of sp³-hybridized carbons (Fsp3) is 0.600. The van der Waals surface area contributed by atoms with E-state index in [-0.39, 0.29) is 0 Å². The smallest absolute Gasteiger partial charge is 0.205 e. The van der Waals surface area contributed by atoms with Gasteiger partial charge in [0.05, 0.1) is 24.8 Å². The lowest BCUT2D eigenvalue weighted by Crippen LogP contribution is -2.14. The van der Waals surface area contributed by atoms with Gasteiger partial charge in [-0.05, 0) is 33.4 Å². The van der Waals surface area contributed by atoms with Crippen LogP contribution in [0.15, 0.2) is 6.07 Å². The molecule has 0 radical (unpaired) electrons. The van der Waals surface area contributed by atoms with Crippen molar-refractivity contribution in [3.63, 3.8) is 0 Å². The van der Waals surface area contributed by atoms with Crippen LogP contribution in [0.4, 0.5) is 0 Å². The van der Waals surface area contributed by atoms with Crippen LogP contribution in [0.1, 0.15) is 33.3 Å². The first-order valence-corrected chi connectivity index (χ1v) is 7.51. The molecule has 0 bridgehead atoms. The normalized spacial score (nSPS) is 10.4. The van der Waals surface area contributed by atoms with Gasteiger partial charge in [0, 0.05) is 12.1 Å². The van der Waals surface area contributed by atoms with Crippen molar-refractivity contribution in [3.05, 3.63) is 16.7 Å². The number of halogens is 1. The summed E-state index contributed by atoms with van der Waals surface area (Å²) in [7, 11) is 0. The monoisotopic (exact) mass is 301 g/mol. The Morgan fingerprint density at radius 1 is 0.900 bits per heavy atom. The summed E-state index contributed by atoms with van der Waals surface area (Å²) in [6.07, 6.45) is 0. The maximum absolute atomic E-state index is 6.31. The number of rotatable bonds is 9. The lowest BCUT2D eigenvalue weighted by atomic mass is 10.1. The summed E-state index contributed by atoms with van der Waals surface area (Å²) in [6.45, 7) is 11.0. The lowest BCUT2D eigenvalue weighted by Gasteiger charge is -2.20. The first kappa shape index (κ1) is 16.9. The van der Waals surface area contributed by atoms with Crippen molar-refractivity contribution in [2.45, 2.75) is 34.2 Å². The maximum Gasteiger partial charge on any atom is 0.205 e. The van der Waals surface area contributed by atoms with Gasteiger partial charge in [0.15, 0.2) is 11.5 Å². The molecule has 1 aromatic carbocycles. The first-order chi connectivity index (χ1) is 9.69. The Labute approximate surface area is 126 Å². The molecule has 5 heteroatoms. The van der Waals surface area contributed by atoms with E-state index in [4.69, 9.17) is 25.8 Å². The Morgan fingerprint density at radius 3 is 2.00 bits per heavy atom. The van der Waals surface area contributed by atoms with Crippen LogP contribution < -0.4 is 19.5 Å². The van der Waals surface area contributed by atoms with Crippen molar-refractivity contribution in [1.82, 2.24) is 5.32 Å². The van der Waals surface area contributed by atoms with Gasteiger partial charge in [-0.25, -0.2) is 0 Å². The Morgan fingerprint density at radius 2 is 1.45 bits per heavy atom. The predicted molar refractivity (Wildman–Crippen MR) is 82.3 cm³/mol. The summed E-state index contributed by atoms with van der Waals surface area (Å²) in [4.78, 5) is 0. The Balaban J connectivity index is 3.30. The van der Waals surface area contributed by atoms with Crippen molar-refractivity contribution in [2.24, 2.45) is 0 Å². The van der Waals surface area contributed by atoms with Gasteiger partial charge in [0.2, 0.25) is 5.75 Å². The van der Waals surface area contributed by atoms with E-state index in [1.807, 2.05) is 26.8 Å². The number of hydrogen-bond donors (Lipinski definition) is 1. The average molecular weight is 302 g/mol. The van der Waals surface area contributed by atoms with Gasteiger partial charge in [-0.3, -0.25) is 0 Å². The fourth-order valence-electron chi connectivity index (χ4n) is 1.89. The molecule has 1 rings (SSSR count). The van der Waals surface area contributed by atoms with E-state index in [2.05, 4.69) is 12.2 Å². The van der Waals surface area contributed by atoms with Crippen LogP contribution in [0.3, 0.4) is 0 Å². The van der Waals surface area contributed by atoms with Crippen LogP contribution in [0.25, 0.3) is 0 Å². The van der Waals surface area contributed by atoms with Crippen LogP contribution in [-0.2, 0) is 6.54 Å². The van der Waals surface area contributed by atoms with Crippen molar-refractivity contribution in [2.75, 3.05) is 26.4 Å². The van der Waals surface area contributed by atoms with Gasteiger partial charge in [-0.2, -0.15) is 0 Å². The van der Waals surface area contributed by atoms with Crippen LogP contribution in [0.5, 0.6) is 17.2 Å². The van der Waals surface area contributed by atoms with E-state index < -0.39 is 0 Å². The highest BCUT2D eigenvalue weighted by atomic mass is 35.5. The van der Waals surface area contributed by atoms with Gasteiger partial charge in [0.25, 0.3) is 0 Å². The minimum Gasteiger partial charge on any atom is -0.489 e. The molecular formula is C15H24ClNO3. The summed E-state index contributed by atoms with van der Waals surface area (Å²) < 4.78 is 17.1. The summed E-state index contributed by atoms with van der Waals surface area (Å²) in [5.74, 6) is 1.86. The van der Waals surface area contributed by atoms with E-state index in [0.717, 1.165) is 12.1 Å². The van der Waals surface area contributed by atoms with Crippen LogP contribution in [0, 0.1) is 0 Å². The highest BCUT2D eigenvalue weighted by Gasteiger charge is 2.20. The third-order valence-electron chi connectivity index (χ3n) is 2.65. The minimum atomic E-state index is 0.526. The molecule has 0 aliphatic carbocycles. The molecule has 0 unspecified atom stereocenters. The molecular weight excluding hydrogens is 278 g/mol. The standard InChI is InChI=1S/C15H24ClNO3/c1-5-17-10-11-9-12(16)14(19-7-3)15(20-8-4)13(11)18-6-2/h9,17H,5-8,10H2,1-4H3. The molecule has 0 atom stereocenters. The van der Waals surface area contributed by atoms with E-state index >= 15 is 0 Å². The van der Waals surface area contributed by atoms with Crippen LogP contribution >= 0.6 is 11.6 Å². The third-order valence-corrected chi connectivity index (χ3v) is 2.93. The van der Waals surface area contributed by atoms with Gasteiger partial charge < -0.3 is 19.5 Å². The van der Waals surface area contributed by atoms with Gasteiger partial charge >= 0.3 is 0 Å². The first-order valence-electron chi connectivity index (χ1n) is 7.13. The molecule has 1 N–H and O–H groups in total. The second kappa shape index (κ2) is 8.93. The Hall–Kier alpha value is -1.13. The summed E-state index contributed by atoms with van der Waals surface area (Å²) >= 11 is 6.31. The summed E-state index contributed by atoms with van der Waals surface area (Å²) in [6, 6.07) is 1.88. The van der Waals surface area contributed by atoms with Crippen molar-refractivity contribution in [3.8, 4) is 17.2 Å². The van der Waals surface area contributed by atoms with Crippen LogP contribution in [-0.4, -0.2) is 26.4 Å². The number of nitrogens with one attached hydrogen (secondary N) is 1. The minimum absolute atomic E-state index is 0.526. The molecule has 0 heterocycles. The zero-order valence-corrected chi connectivity index (χ0v) is 13.5. The molecule has 0 fully saturated rings. The maximum atomic E-state index is 6.31. The number of hydrogen-bond acceptors (Lipinski definition) is 4. The summed E-state index contributed by atoms with van der Waals surface area (Å²) in [5.41, 5.74) is 0.977. The average Bonchev–Trinajstić information content (AvgIpc) is 2.44. The molecule has 4 nitrogen and oxygen atoms in total. The molecule has 1 aromatic rings. The molecule has 0 saturated carbocycles. The lowest BCUT2D eigenvalue weighted by molar-refractivity contribution is 0.259. The van der Waals surface area contributed by atoms with E-state index in [1.165, 1.54) is 0 Å². The quantitative estimate of drug-likeness (QED) is 0.756. The molecule has 0 amide bonds. The van der Waals surface area contributed by atoms with Crippen molar-refractivity contribution >= 4 is 11.6 Å². The molecule has 0 spiro atoms. The SMILES string of the molecule is CCNCc1cc(Cl)c(OCC)c(OCC)c1OCC. The Kier molecular flexibility index (Phi) is 7.55. The number of benzene rings is 1. The molecule has 114 valence electrons. The predicted octanol–water partition coefficient (Wildman–Crippen LogP) is 3.65. The second-order valence-corrected chi connectivity index (χ2v) is 4.49.